The maximum absolute atomic E-state index is 12.7. The predicted molar refractivity (Wildman–Crippen MR) is 117 cm³/mol. The van der Waals surface area contributed by atoms with E-state index in [0.717, 1.165) is 55.1 Å². The number of benzene rings is 2. The standard InChI is InChI=1S/C24H26N4O/c1-26-15-8-16-27(18-17-26)23(29)14-13-21-19-28(22-11-6-3-7-12-22)25-24(21)20-9-4-2-5-10-20/h2-7,9-14,19H,8,15-18H2,1H3/b14-13+. The number of likely N-dealkylation sites (N-methyl/N-ethyl adjacent to an activating group) is 1. The molecule has 148 valence electrons. The molecular formula is C24H26N4O. The lowest BCUT2D eigenvalue weighted by molar-refractivity contribution is -0.125. The molecule has 1 aliphatic rings. The number of nitrogens with zero attached hydrogens (tertiary/aromatic N) is 4. The van der Waals surface area contributed by atoms with E-state index in [9.17, 15) is 4.79 Å². The molecule has 0 bridgehead atoms. The quantitative estimate of drug-likeness (QED) is 0.642. The molecule has 1 aliphatic heterocycles. The molecule has 1 saturated heterocycles. The molecule has 1 fully saturated rings. The molecule has 29 heavy (non-hydrogen) atoms. The van der Waals surface area contributed by atoms with Crippen LogP contribution in [0, 0.1) is 0 Å². The Balaban J connectivity index is 1.62. The van der Waals surface area contributed by atoms with Gasteiger partial charge in [-0.1, -0.05) is 48.5 Å². The van der Waals surface area contributed by atoms with E-state index in [4.69, 9.17) is 5.10 Å². The van der Waals surface area contributed by atoms with Gasteiger partial charge in [-0.3, -0.25) is 4.79 Å². The molecule has 0 radical (unpaired) electrons. The predicted octanol–water partition coefficient (Wildman–Crippen LogP) is 3.72. The third-order valence-corrected chi connectivity index (χ3v) is 5.25. The zero-order chi connectivity index (χ0) is 20.1. The average Bonchev–Trinajstić information content (AvgIpc) is 3.07. The van der Waals surface area contributed by atoms with Crippen LogP contribution in [0.25, 0.3) is 23.0 Å². The first-order valence-corrected chi connectivity index (χ1v) is 10.1. The van der Waals surface area contributed by atoms with Crippen molar-refractivity contribution in [2.45, 2.75) is 6.42 Å². The number of carbonyl (C=O) groups is 1. The Morgan fingerprint density at radius 3 is 2.41 bits per heavy atom. The molecule has 2 heterocycles. The van der Waals surface area contributed by atoms with Crippen LogP contribution in [0.1, 0.15) is 12.0 Å². The van der Waals surface area contributed by atoms with Gasteiger partial charge in [0.25, 0.3) is 0 Å². The van der Waals surface area contributed by atoms with E-state index in [-0.39, 0.29) is 5.91 Å². The van der Waals surface area contributed by atoms with Crippen molar-refractivity contribution in [3.05, 3.63) is 78.5 Å². The monoisotopic (exact) mass is 386 g/mol. The fourth-order valence-corrected chi connectivity index (χ4v) is 3.58. The van der Waals surface area contributed by atoms with Gasteiger partial charge in [0, 0.05) is 43.0 Å². The van der Waals surface area contributed by atoms with Gasteiger partial charge in [-0.25, -0.2) is 4.68 Å². The van der Waals surface area contributed by atoms with Crippen molar-refractivity contribution in [3.63, 3.8) is 0 Å². The molecule has 1 aromatic heterocycles. The highest BCUT2D eigenvalue weighted by Gasteiger charge is 2.16. The molecule has 0 aliphatic carbocycles. The maximum atomic E-state index is 12.7. The highest BCUT2D eigenvalue weighted by atomic mass is 16.2. The molecule has 5 nitrogen and oxygen atoms in total. The Kier molecular flexibility index (Phi) is 5.86. The van der Waals surface area contributed by atoms with Crippen molar-refractivity contribution in [3.8, 4) is 16.9 Å². The van der Waals surface area contributed by atoms with Crippen molar-refractivity contribution in [1.82, 2.24) is 19.6 Å². The average molecular weight is 386 g/mol. The van der Waals surface area contributed by atoms with E-state index in [1.807, 2.05) is 82.5 Å². The van der Waals surface area contributed by atoms with Crippen LogP contribution >= 0.6 is 0 Å². The molecule has 3 aromatic rings. The Hall–Kier alpha value is -3.18. The second-order valence-corrected chi connectivity index (χ2v) is 7.39. The van der Waals surface area contributed by atoms with Crippen LogP contribution in [0.2, 0.25) is 0 Å². The van der Waals surface area contributed by atoms with Crippen molar-refractivity contribution in [2.75, 3.05) is 33.2 Å². The number of amides is 1. The van der Waals surface area contributed by atoms with Crippen molar-refractivity contribution in [1.29, 1.82) is 0 Å². The number of hydrogen-bond acceptors (Lipinski definition) is 3. The fourth-order valence-electron chi connectivity index (χ4n) is 3.58. The van der Waals surface area contributed by atoms with Crippen LogP contribution < -0.4 is 0 Å². The smallest absolute Gasteiger partial charge is 0.246 e. The first-order chi connectivity index (χ1) is 14.2. The summed E-state index contributed by atoms with van der Waals surface area (Å²) >= 11 is 0. The summed E-state index contributed by atoms with van der Waals surface area (Å²) in [5.41, 5.74) is 3.83. The third kappa shape index (κ3) is 4.63. The summed E-state index contributed by atoms with van der Waals surface area (Å²) in [6.07, 6.45) is 6.57. The van der Waals surface area contributed by atoms with Gasteiger partial charge >= 0.3 is 0 Å². The van der Waals surface area contributed by atoms with Crippen molar-refractivity contribution < 1.29 is 4.79 Å². The summed E-state index contributed by atoms with van der Waals surface area (Å²) in [6, 6.07) is 20.1. The van der Waals surface area contributed by atoms with Gasteiger partial charge in [0.05, 0.1) is 11.4 Å². The second-order valence-electron chi connectivity index (χ2n) is 7.39. The largest absolute Gasteiger partial charge is 0.338 e. The van der Waals surface area contributed by atoms with Gasteiger partial charge in [0.1, 0.15) is 0 Å². The van der Waals surface area contributed by atoms with Crippen molar-refractivity contribution >= 4 is 12.0 Å². The third-order valence-electron chi connectivity index (χ3n) is 5.25. The van der Waals surface area contributed by atoms with Crippen LogP contribution in [-0.4, -0.2) is 58.7 Å². The molecule has 2 aromatic carbocycles. The summed E-state index contributed by atoms with van der Waals surface area (Å²) < 4.78 is 1.87. The molecule has 0 saturated carbocycles. The van der Waals surface area contributed by atoms with Crippen LogP contribution in [0.3, 0.4) is 0 Å². The summed E-state index contributed by atoms with van der Waals surface area (Å²) in [6.45, 7) is 3.53. The zero-order valence-electron chi connectivity index (χ0n) is 16.7. The van der Waals surface area contributed by atoms with Crippen molar-refractivity contribution in [2.24, 2.45) is 0 Å². The van der Waals surface area contributed by atoms with Crippen LogP contribution in [0.15, 0.2) is 72.9 Å². The first-order valence-electron chi connectivity index (χ1n) is 10.1. The van der Waals surface area contributed by atoms with Gasteiger partial charge < -0.3 is 9.80 Å². The molecule has 0 atom stereocenters. The highest BCUT2D eigenvalue weighted by molar-refractivity contribution is 5.93. The van der Waals surface area contributed by atoms with Gasteiger partial charge in [0.15, 0.2) is 0 Å². The summed E-state index contributed by atoms with van der Waals surface area (Å²) in [5.74, 6) is 0.0618. The number of hydrogen-bond donors (Lipinski definition) is 0. The first kappa shape index (κ1) is 19.2. The zero-order valence-corrected chi connectivity index (χ0v) is 16.7. The SMILES string of the molecule is CN1CCCN(C(=O)/C=C/c2cn(-c3ccccc3)nc2-c2ccccc2)CC1. The van der Waals surface area contributed by atoms with E-state index < -0.39 is 0 Å². The lowest BCUT2D eigenvalue weighted by Crippen LogP contribution is -2.33. The van der Waals surface area contributed by atoms with E-state index in [1.165, 1.54) is 0 Å². The fraction of sp³-hybridized carbons (Fsp3) is 0.250. The summed E-state index contributed by atoms with van der Waals surface area (Å²) in [7, 11) is 2.11. The van der Waals surface area contributed by atoms with Crippen LogP contribution in [0.4, 0.5) is 0 Å². The Morgan fingerprint density at radius 2 is 1.66 bits per heavy atom. The van der Waals surface area contributed by atoms with Gasteiger partial charge in [-0.15, -0.1) is 0 Å². The molecule has 1 amide bonds. The van der Waals surface area contributed by atoms with E-state index >= 15 is 0 Å². The molecule has 5 heteroatoms. The maximum Gasteiger partial charge on any atom is 0.246 e. The minimum Gasteiger partial charge on any atom is -0.338 e. The number of aromatic nitrogens is 2. The van der Waals surface area contributed by atoms with Gasteiger partial charge in [0.2, 0.25) is 5.91 Å². The molecule has 0 spiro atoms. The lowest BCUT2D eigenvalue weighted by Gasteiger charge is -2.18. The van der Waals surface area contributed by atoms with Crippen LogP contribution in [-0.2, 0) is 4.79 Å². The minimum absolute atomic E-state index is 0.0618. The Labute approximate surface area is 171 Å². The Bertz CT molecular complexity index is 979. The number of carbonyl (C=O) groups excluding carboxylic acids is 1. The Morgan fingerprint density at radius 1 is 0.931 bits per heavy atom. The number of para-hydroxylation sites is 1. The molecular weight excluding hydrogens is 360 g/mol. The number of rotatable bonds is 4. The van der Waals surface area contributed by atoms with Gasteiger partial charge in [-0.05, 0) is 38.2 Å². The topological polar surface area (TPSA) is 41.4 Å². The molecule has 0 unspecified atom stereocenters. The van der Waals surface area contributed by atoms with Gasteiger partial charge in [-0.2, -0.15) is 5.10 Å². The van der Waals surface area contributed by atoms with E-state index in [1.54, 1.807) is 6.08 Å². The van der Waals surface area contributed by atoms with Crippen LogP contribution in [0.5, 0.6) is 0 Å². The normalized spacial score (nSPS) is 15.6. The molecule has 4 rings (SSSR count). The highest BCUT2D eigenvalue weighted by Crippen LogP contribution is 2.24. The summed E-state index contributed by atoms with van der Waals surface area (Å²) in [4.78, 5) is 17.0. The minimum atomic E-state index is 0.0618. The summed E-state index contributed by atoms with van der Waals surface area (Å²) in [5, 5.41) is 4.80. The van der Waals surface area contributed by atoms with E-state index in [0.29, 0.717) is 0 Å². The molecule has 0 N–H and O–H groups in total. The lowest BCUT2D eigenvalue weighted by atomic mass is 10.1. The van der Waals surface area contributed by atoms with E-state index in [2.05, 4.69) is 11.9 Å². The second kappa shape index (κ2) is 8.88.